The van der Waals surface area contributed by atoms with E-state index >= 15 is 0 Å². The molecular weight excluding hydrogens is 255 g/mol. The second-order valence-electron chi connectivity index (χ2n) is 3.82. The van der Waals surface area contributed by atoms with Crippen LogP contribution in [0.2, 0.25) is 0 Å². The number of nitrogens with one attached hydrogen (secondary N) is 1. The SMILES string of the molecule is O=C(O)CN1C(=O)NC(=Cc2ccc(F)cc2)C1=O. The van der Waals surface area contributed by atoms with E-state index in [1.54, 1.807) is 0 Å². The zero-order valence-corrected chi connectivity index (χ0v) is 9.59. The molecule has 2 rings (SSSR count). The highest BCUT2D eigenvalue weighted by Crippen LogP contribution is 2.14. The Morgan fingerprint density at radius 1 is 1.32 bits per heavy atom. The summed E-state index contributed by atoms with van der Waals surface area (Å²) < 4.78 is 12.7. The van der Waals surface area contributed by atoms with E-state index in [2.05, 4.69) is 5.32 Å². The predicted octanol–water partition coefficient (Wildman–Crippen LogP) is 0.803. The summed E-state index contributed by atoms with van der Waals surface area (Å²) in [6, 6.07) is 4.50. The number of carboxylic acids is 1. The Morgan fingerprint density at radius 3 is 2.53 bits per heavy atom. The summed E-state index contributed by atoms with van der Waals surface area (Å²) in [6.07, 6.45) is 1.35. The van der Waals surface area contributed by atoms with E-state index in [1.165, 1.54) is 30.3 Å². The first-order valence-electron chi connectivity index (χ1n) is 5.29. The Morgan fingerprint density at radius 2 is 1.95 bits per heavy atom. The number of carboxylic acid groups (broad SMARTS) is 1. The topological polar surface area (TPSA) is 86.7 Å². The molecule has 1 aliphatic rings. The molecule has 6 nitrogen and oxygen atoms in total. The van der Waals surface area contributed by atoms with Crippen molar-refractivity contribution in [2.75, 3.05) is 6.54 Å². The number of halogens is 1. The van der Waals surface area contributed by atoms with Gasteiger partial charge < -0.3 is 10.4 Å². The molecule has 19 heavy (non-hydrogen) atoms. The first-order valence-corrected chi connectivity index (χ1v) is 5.29. The first kappa shape index (κ1) is 12.7. The van der Waals surface area contributed by atoms with Gasteiger partial charge in [0.2, 0.25) is 0 Å². The summed E-state index contributed by atoms with van der Waals surface area (Å²) in [5.74, 6) is -2.43. The molecule has 7 heteroatoms. The fourth-order valence-electron chi connectivity index (χ4n) is 1.58. The maximum atomic E-state index is 12.7. The molecule has 1 aliphatic heterocycles. The number of urea groups is 1. The molecule has 0 saturated carbocycles. The first-order chi connectivity index (χ1) is 8.97. The number of benzene rings is 1. The molecule has 1 fully saturated rings. The predicted molar refractivity (Wildman–Crippen MR) is 62.3 cm³/mol. The molecule has 1 saturated heterocycles. The van der Waals surface area contributed by atoms with Crippen molar-refractivity contribution in [3.63, 3.8) is 0 Å². The number of imide groups is 1. The molecule has 1 heterocycles. The number of carbonyl (C=O) groups excluding carboxylic acids is 2. The van der Waals surface area contributed by atoms with Gasteiger partial charge in [-0.25, -0.2) is 14.1 Å². The van der Waals surface area contributed by atoms with E-state index in [4.69, 9.17) is 5.11 Å². The van der Waals surface area contributed by atoms with Crippen LogP contribution in [0.5, 0.6) is 0 Å². The van der Waals surface area contributed by atoms with Crippen molar-refractivity contribution in [3.8, 4) is 0 Å². The zero-order chi connectivity index (χ0) is 14.0. The Balaban J connectivity index is 2.23. The summed E-state index contributed by atoms with van der Waals surface area (Å²) >= 11 is 0. The van der Waals surface area contributed by atoms with Gasteiger partial charge in [-0.15, -0.1) is 0 Å². The fraction of sp³-hybridized carbons (Fsp3) is 0.0833. The third-order valence-corrected chi connectivity index (χ3v) is 2.44. The highest BCUT2D eigenvalue weighted by atomic mass is 19.1. The van der Waals surface area contributed by atoms with E-state index in [0.29, 0.717) is 10.5 Å². The standard InChI is InChI=1S/C12H9FN2O4/c13-8-3-1-7(2-4-8)5-9-11(18)15(6-10(16)17)12(19)14-9/h1-5H,6H2,(H,14,19)(H,16,17). The lowest BCUT2D eigenvalue weighted by molar-refractivity contribution is -0.140. The summed E-state index contributed by atoms with van der Waals surface area (Å²) in [4.78, 5) is 34.3. The molecule has 3 amide bonds. The van der Waals surface area contributed by atoms with Gasteiger partial charge in [-0.05, 0) is 23.8 Å². The van der Waals surface area contributed by atoms with Gasteiger partial charge in [-0.3, -0.25) is 9.59 Å². The smallest absolute Gasteiger partial charge is 0.329 e. The average Bonchev–Trinajstić information content (AvgIpc) is 2.60. The minimum absolute atomic E-state index is 0.0436. The molecule has 98 valence electrons. The maximum absolute atomic E-state index is 12.7. The minimum Gasteiger partial charge on any atom is -0.480 e. The van der Waals surface area contributed by atoms with E-state index in [-0.39, 0.29) is 5.70 Å². The lowest BCUT2D eigenvalue weighted by Crippen LogP contribution is -2.35. The van der Waals surface area contributed by atoms with Crippen LogP contribution in [0, 0.1) is 5.82 Å². The van der Waals surface area contributed by atoms with Crippen LogP contribution in [-0.4, -0.2) is 34.5 Å². The van der Waals surface area contributed by atoms with Gasteiger partial charge in [0.15, 0.2) is 0 Å². The molecule has 0 atom stereocenters. The quantitative estimate of drug-likeness (QED) is 0.624. The van der Waals surface area contributed by atoms with Gasteiger partial charge in [-0.1, -0.05) is 12.1 Å². The van der Waals surface area contributed by atoms with Crippen molar-refractivity contribution in [2.24, 2.45) is 0 Å². The summed E-state index contributed by atoms with van der Waals surface area (Å²) in [5, 5.41) is 10.8. The van der Waals surface area contributed by atoms with E-state index in [9.17, 15) is 18.8 Å². The molecule has 1 aromatic rings. The van der Waals surface area contributed by atoms with Crippen LogP contribution in [0.25, 0.3) is 6.08 Å². The summed E-state index contributed by atoms with van der Waals surface area (Å²) in [5.41, 5.74) is 0.472. The highest BCUT2D eigenvalue weighted by molar-refractivity contribution is 6.15. The molecule has 1 aromatic carbocycles. The van der Waals surface area contributed by atoms with E-state index in [0.717, 1.165) is 0 Å². The number of rotatable bonds is 3. The van der Waals surface area contributed by atoms with Crippen LogP contribution >= 0.6 is 0 Å². The molecule has 2 N–H and O–H groups in total. The highest BCUT2D eigenvalue weighted by Gasteiger charge is 2.34. The lowest BCUT2D eigenvalue weighted by Gasteiger charge is -2.06. The van der Waals surface area contributed by atoms with E-state index in [1.807, 2.05) is 0 Å². The summed E-state index contributed by atoms with van der Waals surface area (Å²) in [7, 11) is 0. The number of hydrogen-bond donors (Lipinski definition) is 2. The molecule has 0 aliphatic carbocycles. The van der Waals surface area contributed by atoms with Gasteiger partial charge in [0, 0.05) is 0 Å². The van der Waals surface area contributed by atoms with Crippen LogP contribution in [-0.2, 0) is 9.59 Å². The molecule has 0 spiro atoms. The lowest BCUT2D eigenvalue weighted by atomic mass is 10.2. The number of aliphatic carboxylic acids is 1. The third kappa shape index (κ3) is 2.76. The van der Waals surface area contributed by atoms with Crippen LogP contribution in [0.15, 0.2) is 30.0 Å². The van der Waals surface area contributed by atoms with Crippen LogP contribution in [0.1, 0.15) is 5.56 Å². The van der Waals surface area contributed by atoms with Crippen molar-refractivity contribution in [1.82, 2.24) is 10.2 Å². The second kappa shape index (κ2) is 4.89. The normalized spacial score (nSPS) is 16.9. The van der Waals surface area contributed by atoms with Crippen LogP contribution in [0.4, 0.5) is 9.18 Å². The fourth-order valence-corrected chi connectivity index (χ4v) is 1.58. The van der Waals surface area contributed by atoms with Crippen molar-refractivity contribution in [1.29, 1.82) is 0 Å². The number of carbonyl (C=O) groups is 3. The second-order valence-corrected chi connectivity index (χ2v) is 3.82. The molecule has 0 bridgehead atoms. The van der Waals surface area contributed by atoms with Crippen molar-refractivity contribution < 1.29 is 23.9 Å². The van der Waals surface area contributed by atoms with Gasteiger partial charge in [-0.2, -0.15) is 0 Å². The Kier molecular flexibility index (Phi) is 3.28. The number of nitrogens with zero attached hydrogens (tertiary/aromatic N) is 1. The molecule has 0 aromatic heterocycles. The summed E-state index contributed by atoms with van der Waals surface area (Å²) in [6.45, 7) is -0.703. The van der Waals surface area contributed by atoms with Crippen LogP contribution < -0.4 is 5.32 Å². The van der Waals surface area contributed by atoms with E-state index < -0.39 is 30.3 Å². The van der Waals surface area contributed by atoms with Gasteiger partial charge in [0.25, 0.3) is 5.91 Å². The van der Waals surface area contributed by atoms with Crippen molar-refractivity contribution in [2.45, 2.75) is 0 Å². The van der Waals surface area contributed by atoms with Gasteiger partial charge in [0.1, 0.15) is 18.1 Å². The van der Waals surface area contributed by atoms with Crippen LogP contribution in [0.3, 0.4) is 0 Å². The number of hydrogen-bond acceptors (Lipinski definition) is 3. The minimum atomic E-state index is -1.29. The Hall–Kier alpha value is -2.70. The maximum Gasteiger partial charge on any atom is 0.329 e. The van der Waals surface area contributed by atoms with Crippen molar-refractivity contribution >= 4 is 24.0 Å². The Bertz CT molecular complexity index is 580. The average molecular weight is 264 g/mol. The van der Waals surface area contributed by atoms with Gasteiger partial charge in [0.05, 0.1) is 0 Å². The van der Waals surface area contributed by atoms with Gasteiger partial charge >= 0.3 is 12.0 Å². The van der Waals surface area contributed by atoms with Crippen molar-refractivity contribution in [3.05, 3.63) is 41.3 Å². The Labute approximate surface area is 107 Å². The number of amides is 3. The third-order valence-electron chi connectivity index (χ3n) is 2.44. The molecule has 0 radical (unpaired) electrons. The monoisotopic (exact) mass is 264 g/mol. The largest absolute Gasteiger partial charge is 0.480 e. The molecule has 0 unspecified atom stereocenters. The zero-order valence-electron chi connectivity index (χ0n) is 9.59. The molecular formula is C12H9FN2O4.